The van der Waals surface area contributed by atoms with Crippen LogP contribution in [0.5, 0.6) is 5.88 Å². The van der Waals surface area contributed by atoms with E-state index < -0.39 is 24.6 Å². The molecule has 122 valence electrons. The van der Waals surface area contributed by atoms with Gasteiger partial charge in [-0.25, -0.2) is 21.8 Å². The summed E-state index contributed by atoms with van der Waals surface area (Å²) in [6.07, 6.45) is 3.19. The zero-order valence-electron chi connectivity index (χ0n) is 12.2. The normalized spacial score (nSPS) is 26.7. The minimum Gasteiger partial charge on any atom is -0.477 e. The Morgan fingerprint density at radius 3 is 2.73 bits per heavy atom. The summed E-state index contributed by atoms with van der Waals surface area (Å²) in [5.74, 6) is 0.319. The van der Waals surface area contributed by atoms with Crippen LogP contribution < -0.4 is 4.74 Å². The van der Waals surface area contributed by atoms with E-state index in [4.69, 9.17) is 4.74 Å². The first kappa shape index (κ1) is 15.7. The van der Waals surface area contributed by atoms with Crippen LogP contribution in [0.25, 0.3) is 0 Å². The molecule has 0 saturated carbocycles. The molecule has 1 spiro atoms. The predicted molar refractivity (Wildman–Crippen MR) is 80.8 cm³/mol. The molecule has 1 atom stereocenters. The molecule has 0 amide bonds. The van der Waals surface area contributed by atoms with E-state index in [0.29, 0.717) is 12.3 Å². The minimum absolute atomic E-state index is 0.0322. The van der Waals surface area contributed by atoms with E-state index in [1.807, 2.05) is 0 Å². The lowest BCUT2D eigenvalue weighted by atomic mass is 9.85. The average molecular weight is 346 g/mol. The molecule has 0 bridgehead atoms. The Balaban J connectivity index is 1.75. The molecule has 0 aromatic carbocycles. The number of sulfonamides is 1. The first-order valence-corrected chi connectivity index (χ1v) is 10.5. The van der Waals surface area contributed by atoms with E-state index in [0.717, 1.165) is 6.26 Å². The van der Waals surface area contributed by atoms with Crippen LogP contribution in [-0.2, 0) is 19.9 Å². The molecule has 9 heteroatoms. The highest BCUT2D eigenvalue weighted by atomic mass is 32.2. The van der Waals surface area contributed by atoms with E-state index in [-0.39, 0.29) is 31.4 Å². The van der Waals surface area contributed by atoms with Gasteiger partial charge in [0.05, 0.1) is 18.6 Å². The third-order valence-corrected chi connectivity index (χ3v) is 8.33. The Kier molecular flexibility index (Phi) is 3.69. The molecule has 2 saturated heterocycles. The predicted octanol–water partition coefficient (Wildman–Crippen LogP) is -0.0909. The Bertz CT molecular complexity index is 755. The van der Waals surface area contributed by atoms with Crippen molar-refractivity contribution in [1.82, 2.24) is 9.29 Å². The molecule has 3 heterocycles. The first-order chi connectivity index (χ1) is 10.2. The molecule has 0 aliphatic carbocycles. The van der Waals surface area contributed by atoms with Gasteiger partial charge in [-0.05, 0) is 12.5 Å². The van der Waals surface area contributed by atoms with E-state index in [1.54, 1.807) is 24.4 Å². The van der Waals surface area contributed by atoms with Crippen molar-refractivity contribution in [1.29, 1.82) is 0 Å². The molecule has 3 rings (SSSR count). The van der Waals surface area contributed by atoms with Crippen LogP contribution in [0.2, 0.25) is 0 Å². The second-order valence-electron chi connectivity index (χ2n) is 5.88. The summed E-state index contributed by atoms with van der Waals surface area (Å²) >= 11 is 0. The number of aromatic nitrogens is 1. The summed E-state index contributed by atoms with van der Waals surface area (Å²) in [4.78, 5) is 4.04. The summed E-state index contributed by atoms with van der Waals surface area (Å²) in [5.41, 5.74) is 0. The fourth-order valence-electron chi connectivity index (χ4n) is 3.11. The van der Waals surface area contributed by atoms with E-state index in [1.165, 1.54) is 4.31 Å². The number of hydrogen-bond donors (Lipinski definition) is 0. The molecule has 0 unspecified atom stereocenters. The molecule has 0 radical (unpaired) electrons. The van der Waals surface area contributed by atoms with Gasteiger partial charge in [0, 0.05) is 31.3 Å². The quantitative estimate of drug-likeness (QED) is 0.756. The van der Waals surface area contributed by atoms with Gasteiger partial charge in [0.1, 0.15) is 4.75 Å². The topological polar surface area (TPSA) is 93.6 Å². The smallest absolute Gasteiger partial charge is 0.213 e. The second-order valence-corrected chi connectivity index (χ2v) is 10.3. The highest BCUT2D eigenvalue weighted by Crippen LogP contribution is 2.45. The van der Waals surface area contributed by atoms with Gasteiger partial charge in [0.2, 0.25) is 15.9 Å². The van der Waals surface area contributed by atoms with Crippen LogP contribution in [0.3, 0.4) is 0 Å². The van der Waals surface area contributed by atoms with Gasteiger partial charge in [-0.15, -0.1) is 0 Å². The zero-order chi connectivity index (χ0) is 16.0. The second kappa shape index (κ2) is 5.17. The van der Waals surface area contributed by atoms with Crippen LogP contribution in [0.15, 0.2) is 24.4 Å². The number of nitrogens with zero attached hydrogens (tertiary/aromatic N) is 2. The molecule has 7 nitrogen and oxygen atoms in total. The van der Waals surface area contributed by atoms with Crippen molar-refractivity contribution < 1.29 is 21.6 Å². The molecule has 22 heavy (non-hydrogen) atoms. The van der Waals surface area contributed by atoms with Crippen molar-refractivity contribution in [2.45, 2.75) is 11.2 Å². The van der Waals surface area contributed by atoms with Crippen molar-refractivity contribution in [2.75, 3.05) is 31.7 Å². The van der Waals surface area contributed by atoms with Crippen molar-refractivity contribution in [3.63, 3.8) is 0 Å². The first-order valence-electron chi connectivity index (χ1n) is 6.96. The zero-order valence-corrected chi connectivity index (χ0v) is 13.8. The molecule has 2 aliphatic heterocycles. The summed E-state index contributed by atoms with van der Waals surface area (Å²) in [5, 5.41) is 0. The number of sulfone groups is 1. The maximum absolute atomic E-state index is 12.4. The fourth-order valence-corrected chi connectivity index (χ4v) is 6.60. The van der Waals surface area contributed by atoms with Gasteiger partial charge in [-0.2, -0.15) is 4.31 Å². The van der Waals surface area contributed by atoms with E-state index >= 15 is 0 Å². The summed E-state index contributed by atoms with van der Waals surface area (Å²) < 4.78 is 53.6. The average Bonchev–Trinajstić information content (AvgIpc) is 2.66. The molecular formula is C13H18N2O5S2. The molecule has 2 aliphatic rings. The lowest BCUT2D eigenvalue weighted by Gasteiger charge is -2.48. The molecule has 2 fully saturated rings. The molecule has 0 N–H and O–H groups in total. The lowest BCUT2D eigenvalue weighted by molar-refractivity contribution is 0.124. The number of rotatable bonds is 4. The third-order valence-electron chi connectivity index (χ3n) is 4.53. The van der Waals surface area contributed by atoms with Crippen LogP contribution in [0.4, 0.5) is 0 Å². The summed E-state index contributed by atoms with van der Waals surface area (Å²) in [6.45, 7) is 0.294. The van der Waals surface area contributed by atoms with Gasteiger partial charge in [-0.3, -0.25) is 0 Å². The van der Waals surface area contributed by atoms with Crippen LogP contribution in [0.1, 0.15) is 6.42 Å². The molecule has 1 aromatic heterocycles. The van der Waals surface area contributed by atoms with Crippen molar-refractivity contribution in [3.8, 4) is 5.88 Å². The van der Waals surface area contributed by atoms with Crippen molar-refractivity contribution in [2.24, 2.45) is 5.92 Å². The summed E-state index contributed by atoms with van der Waals surface area (Å²) in [6, 6.07) is 5.27. The van der Waals surface area contributed by atoms with Crippen molar-refractivity contribution >= 4 is 19.9 Å². The summed E-state index contributed by atoms with van der Waals surface area (Å²) in [7, 11) is -6.66. The lowest BCUT2D eigenvalue weighted by Crippen LogP contribution is -2.68. The number of hydrogen-bond acceptors (Lipinski definition) is 6. The SMILES string of the molecule is CS(=O)(=O)N1CC2(C1)[C@@H](COc1ccccn1)CCS2(=O)=O. The van der Waals surface area contributed by atoms with Gasteiger partial charge in [0.25, 0.3) is 0 Å². The number of ether oxygens (including phenoxy) is 1. The highest BCUT2D eigenvalue weighted by molar-refractivity contribution is 7.93. The molecule has 1 aromatic rings. The maximum Gasteiger partial charge on any atom is 0.213 e. The fraction of sp³-hybridized carbons (Fsp3) is 0.615. The van der Waals surface area contributed by atoms with Gasteiger partial charge < -0.3 is 4.74 Å². The third kappa shape index (κ3) is 2.50. The largest absolute Gasteiger partial charge is 0.477 e. The molecular weight excluding hydrogens is 328 g/mol. The maximum atomic E-state index is 12.4. The Hall–Kier alpha value is -1.19. The van der Waals surface area contributed by atoms with E-state index in [2.05, 4.69) is 4.98 Å². The minimum atomic E-state index is -3.35. The van der Waals surface area contributed by atoms with Crippen molar-refractivity contribution in [3.05, 3.63) is 24.4 Å². The van der Waals surface area contributed by atoms with Gasteiger partial charge in [0.15, 0.2) is 9.84 Å². The number of pyridine rings is 1. The Labute approximate surface area is 130 Å². The van der Waals surface area contributed by atoms with Crippen LogP contribution in [0, 0.1) is 5.92 Å². The van der Waals surface area contributed by atoms with Crippen LogP contribution >= 0.6 is 0 Å². The van der Waals surface area contributed by atoms with Gasteiger partial charge in [-0.1, -0.05) is 6.07 Å². The monoisotopic (exact) mass is 346 g/mol. The highest BCUT2D eigenvalue weighted by Gasteiger charge is 2.63. The van der Waals surface area contributed by atoms with Gasteiger partial charge >= 0.3 is 0 Å². The Morgan fingerprint density at radius 1 is 1.41 bits per heavy atom. The Morgan fingerprint density at radius 2 is 2.14 bits per heavy atom. The van der Waals surface area contributed by atoms with Crippen LogP contribution in [-0.4, -0.2) is 62.6 Å². The van der Waals surface area contributed by atoms with E-state index in [9.17, 15) is 16.8 Å². The standard InChI is InChI=1S/C13H18N2O5S2/c1-21(16,17)15-9-13(10-15)11(5-7-22(13,18)19)8-20-12-4-2-3-6-14-12/h2-4,6,11H,5,7-10H2,1H3/t11-/m1/s1.